The number of carbonyl (C=O) groups excluding carboxylic acids is 2. The monoisotopic (exact) mass is 483 g/mol. The number of ether oxygens (including phenoxy) is 5. The lowest BCUT2D eigenvalue weighted by Gasteiger charge is -2.35. The molecule has 0 bridgehead atoms. The second kappa shape index (κ2) is 15.1. The van der Waals surface area contributed by atoms with E-state index in [-0.39, 0.29) is 36.9 Å². The number of carbonyl (C=O) groups is 3. The first kappa shape index (κ1) is 28.2. The molecule has 12 nitrogen and oxygen atoms in total. The topological polar surface area (TPSA) is 161 Å². The van der Waals surface area contributed by atoms with E-state index in [9.17, 15) is 24.5 Å². The molecule has 34 heavy (non-hydrogen) atoms. The zero-order chi connectivity index (χ0) is 25.5. The fourth-order valence-electron chi connectivity index (χ4n) is 3.30. The lowest BCUT2D eigenvalue weighted by atomic mass is 9.87. The summed E-state index contributed by atoms with van der Waals surface area (Å²) in [7, 11) is 2.76. The standard InChI is InChI=1S/C15H22O8.C7H7NO3/c1-3-4-10-5-6-12(14(17)20-2)23-13(10)11(22-9-16)7-8-21-15(18)19;1-11-7-4-2-6(3-5-7)8(9)10/h6,9-11,13H,3-5,7-8H2,1-2H3,(H,18,19);2-5H,1H3/t10-,11?,13?;/m1./s1. The van der Waals surface area contributed by atoms with E-state index in [1.807, 2.05) is 6.92 Å². The number of hydrogen-bond acceptors (Lipinski definition) is 10. The van der Waals surface area contributed by atoms with Gasteiger partial charge in [0.25, 0.3) is 12.2 Å². The Morgan fingerprint density at radius 3 is 2.47 bits per heavy atom. The van der Waals surface area contributed by atoms with Gasteiger partial charge in [0.05, 0.1) is 25.7 Å². The minimum atomic E-state index is -1.40. The molecule has 0 fully saturated rings. The maximum atomic E-state index is 11.6. The fraction of sp³-hybridized carbons (Fsp3) is 0.500. The highest BCUT2D eigenvalue weighted by Crippen LogP contribution is 2.31. The number of esters is 1. The summed E-state index contributed by atoms with van der Waals surface area (Å²) in [4.78, 5) is 42.5. The predicted molar refractivity (Wildman–Crippen MR) is 117 cm³/mol. The van der Waals surface area contributed by atoms with E-state index in [1.165, 1.54) is 26.4 Å². The van der Waals surface area contributed by atoms with Gasteiger partial charge in [-0.1, -0.05) is 13.3 Å². The fourth-order valence-corrected chi connectivity index (χ4v) is 3.30. The molecule has 1 aromatic rings. The highest BCUT2D eigenvalue weighted by Gasteiger charge is 2.37. The molecule has 0 aliphatic carbocycles. The second-order valence-electron chi connectivity index (χ2n) is 7.06. The third-order valence-corrected chi connectivity index (χ3v) is 4.89. The molecule has 1 N–H and O–H groups in total. The van der Waals surface area contributed by atoms with Gasteiger partial charge < -0.3 is 28.8 Å². The molecule has 0 aromatic heterocycles. The minimum Gasteiger partial charge on any atom is -0.497 e. The number of hydrogen-bond donors (Lipinski definition) is 1. The zero-order valence-electron chi connectivity index (χ0n) is 19.2. The summed E-state index contributed by atoms with van der Waals surface area (Å²) in [6.07, 6.45) is 1.42. The molecule has 0 saturated carbocycles. The van der Waals surface area contributed by atoms with Crippen LogP contribution in [-0.4, -0.2) is 61.7 Å². The molecule has 12 heteroatoms. The van der Waals surface area contributed by atoms with Crippen molar-refractivity contribution in [2.75, 3.05) is 20.8 Å². The molecule has 3 atom stereocenters. The molecule has 1 aromatic carbocycles. The third-order valence-electron chi connectivity index (χ3n) is 4.89. The van der Waals surface area contributed by atoms with Crippen LogP contribution >= 0.6 is 0 Å². The van der Waals surface area contributed by atoms with Crippen molar-refractivity contribution in [1.82, 2.24) is 0 Å². The van der Waals surface area contributed by atoms with Crippen LogP contribution < -0.4 is 4.74 Å². The highest BCUT2D eigenvalue weighted by atomic mass is 16.7. The predicted octanol–water partition coefficient (Wildman–Crippen LogP) is 3.48. The zero-order valence-corrected chi connectivity index (χ0v) is 19.2. The number of rotatable bonds is 11. The number of methoxy groups -OCH3 is 2. The first-order chi connectivity index (χ1) is 16.3. The number of nitro benzene ring substituents is 1. The van der Waals surface area contributed by atoms with Crippen molar-refractivity contribution in [2.45, 2.75) is 44.8 Å². The lowest BCUT2D eigenvalue weighted by molar-refractivity contribution is -0.384. The quantitative estimate of drug-likeness (QED) is 0.161. The van der Waals surface area contributed by atoms with Crippen LogP contribution in [0.1, 0.15) is 32.6 Å². The van der Waals surface area contributed by atoms with Crippen LogP contribution in [0.2, 0.25) is 0 Å². The molecular weight excluding hydrogens is 454 g/mol. The van der Waals surface area contributed by atoms with Gasteiger partial charge in [0.1, 0.15) is 18.0 Å². The number of nitro groups is 1. The average molecular weight is 483 g/mol. The van der Waals surface area contributed by atoms with Crippen LogP contribution in [0.4, 0.5) is 10.5 Å². The summed E-state index contributed by atoms with van der Waals surface area (Å²) < 4.78 is 24.6. The van der Waals surface area contributed by atoms with Crippen LogP contribution in [0.25, 0.3) is 0 Å². The first-order valence-electron chi connectivity index (χ1n) is 10.5. The van der Waals surface area contributed by atoms with Crippen molar-refractivity contribution in [3.8, 4) is 5.75 Å². The molecule has 1 aliphatic heterocycles. The molecule has 2 rings (SSSR count). The van der Waals surface area contributed by atoms with Crippen LogP contribution in [0.15, 0.2) is 36.1 Å². The summed E-state index contributed by atoms with van der Waals surface area (Å²) in [6.45, 7) is 2.16. The van der Waals surface area contributed by atoms with E-state index in [1.54, 1.807) is 18.2 Å². The number of carboxylic acid groups (broad SMARTS) is 1. The maximum Gasteiger partial charge on any atom is 0.505 e. The first-order valence-corrected chi connectivity index (χ1v) is 10.5. The average Bonchev–Trinajstić information content (AvgIpc) is 2.83. The van der Waals surface area contributed by atoms with Crippen LogP contribution in [0.5, 0.6) is 5.75 Å². The van der Waals surface area contributed by atoms with Crippen LogP contribution in [-0.2, 0) is 28.5 Å². The largest absolute Gasteiger partial charge is 0.505 e. The SMILES string of the molecule is CCC[C@@H]1CC=C(C(=O)OC)OC1C(CCOC(=O)O)OC=O.COc1ccc([N+](=O)[O-])cc1. The molecule has 0 spiro atoms. The van der Waals surface area contributed by atoms with Crippen molar-refractivity contribution in [3.05, 3.63) is 46.2 Å². The number of benzene rings is 1. The Kier molecular flexibility index (Phi) is 12.5. The Bertz CT molecular complexity index is 838. The summed E-state index contributed by atoms with van der Waals surface area (Å²) in [5.41, 5.74) is 0.0748. The van der Waals surface area contributed by atoms with Crippen molar-refractivity contribution in [1.29, 1.82) is 0 Å². The highest BCUT2D eigenvalue weighted by molar-refractivity contribution is 5.86. The van der Waals surface area contributed by atoms with Gasteiger partial charge in [0.15, 0.2) is 0 Å². The second-order valence-corrected chi connectivity index (χ2v) is 7.06. The normalized spacial score (nSPS) is 17.4. The van der Waals surface area contributed by atoms with Gasteiger partial charge in [0, 0.05) is 24.5 Å². The Balaban J connectivity index is 0.000000437. The van der Waals surface area contributed by atoms with Gasteiger partial charge in [-0.25, -0.2) is 9.59 Å². The maximum absolute atomic E-state index is 11.6. The number of allylic oxidation sites excluding steroid dienone is 1. The molecule has 188 valence electrons. The molecule has 1 aliphatic rings. The van der Waals surface area contributed by atoms with Gasteiger partial charge in [0.2, 0.25) is 5.76 Å². The van der Waals surface area contributed by atoms with E-state index in [2.05, 4.69) is 9.47 Å². The van der Waals surface area contributed by atoms with Gasteiger partial charge in [-0.2, -0.15) is 0 Å². The Morgan fingerprint density at radius 1 is 1.29 bits per heavy atom. The van der Waals surface area contributed by atoms with Crippen molar-refractivity contribution >= 4 is 24.3 Å². The van der Waals surface area contributed by atoms with Gasteiger partial charge in [-0.15, -0.1) is 0 Å². The van der Waals surface area contributed by atoms with E-state index >= 15 is 0 Å². The van der Waals surface area contributed by atoms with Gasteiger partial charge >= 0.3 is 12.1 Å². The van der Waals surface area contributed by atoms with E-state index in [0.717, 1.165) is 12.8 Å². The van der Waals surface area contributed by atoms with Crippen LogP contribution in [0, 0.1) is 16.0 Å². The molecule has 0 amide bonds. The van der Waals surface area contributed by atoms with E-state index < -0.39 is 29.3 Å². The molecule has 0 saturated heterocycles. The Labute approximate surface area is 196 Å². The van der Waals surface area contributed by atoms with Gasteiger partial charge in [-0.3, -0.25) is 14.9 Å². The third kappa shape index (κ3) is 9.35. The van der Waals surface area contributed by atoms with E-state index in [0.29, 0.717) is 12.2 Å². The smallest absolute Gasteiger partial charge is 0.497 e. The summed E-state index contributed by atoms with van der Waals surface area (Å²) in [6, 6.07) is 5.91. The van der Waals surface area contributed by atoms with Crippen molar-refractivity contribution in [3.63, 3.8) is 0 Å². The lowest BCUT2D eigenvalue weighted by Crippen LogP contribution is -2.41. The molecule has 2 unspecified atom stereocenters. The minimum absolute atomic E-state index is 0.0446. The van der Waals surface area contributed by atoms with E-state index in [4.69, 9.17) is 19.3 Å². The van der Waals surface area contributed by atoms with Crippen molar-refractivity contribution < 1.29 is 48.1 Å². The van der Waals surface area contributed by atoms with Crippen molar-refractivity contribution in [2.24, 2.45) is 5.92 Å². The molecule has 0 radical (unpaired) electrons. The molecular formula is C22H29NO11. The Hall–Kier alpha value is -3.83. The van der Waals surface area contributed by atoms with Crippen LogP contribution in [0.3, 0.4) is 0 Å². The summed E-state index contributed by atoms with van der Waals surface area (Å²) in [5.74, 6) is 0.138. The number of nitrogens with zero attached hydrogens (tertiary/aromatic N) is 1. The Morgan fingerprint density at radius 2 is 1.97 bits per heavy atom. The summed E-state index contributed by atoms with van der Waals surface area (Å²) >= 11 is 0. The molecule has 1 heterocycles. The number of non-ortho nitro benzene ring substituents is 1. The van der Waals surface area contributed by atoms with Gasteiger partial charge in [-0.05, 0) is 31.1 Å². The summed E-state index contributed by atoms with van der Waals surface area (Å²) in [5, 5.41) is 18.7.